The largest absolute Gasteiger partial charge is 0.493 e. The molecule has 2 aromatic carbocycles. The van der Waals surface area contributed by atoms with Crippen molar-refractivity contribution < 1.29 is 9.53 Å². The topological polar surface area (TPSA) is 51.2 Å². The molecule has 1 heterocycles. The third-order valence-electron chi connectivity index (χ3n) is 3.54. The summed E-state index contributed by atoms with van der Waals surface area (Å²) in [7, 11) is 0. The van der Waals surface area contributed by atoms with Crippen molar-refractivity contribution in [3.63, 3.8) is 0 Å². The maximum absolute atomic E-state index is 12.5. The summed E-state index contributed by atoms with van der Waals surface area (Å²) in [5.74, 6) is 0.901. The van der Waals surface area contributed by atoms with Crippen molar-refractivity contribution in [2.45, 2.75) is 13.8 Å². The summed E-state index contributed by atoms with van der Waals surface area (Å²) in [5.41, 5.74) is 2.29. The minimum atomic E-state index is -0.211. The van der Waals surface area contributed by atoms with E-state index >= 15 is 0 Å². The van der Waals surface area contributed by atoms with Gasteiger partial charge in [-0.1, -0.05) is 43.6 Å². The number of nitrogens with zero attached hydrogens (tertiary/aromatic N) is 1. The number of carbonyl (C=O) groups excluding carboxylic acids is 1. The smallest absolute Gasteiger partial charge is 0.257 e. The third-order valence-corrected chi connectivity index (χ3v) is 4.55. The Labute approximate surface area is 161 Å². The number of halogens is 1. The maximum atomic E-state index is 12.5. The zero-order valence-corrected chi connectivity index (χ0v) is 16.1. The molecule has 1 aromatic heterocycles. The van der Waals surface area contributed by atoms with Crippen LogP contribution in [0.15, 0.2) is 53.9 Å². The van der Waals surface area contributed by atoms with Gasteiger partial charge in [-0.05, 0) is 36.2 Å². The minimum absolute atomic E-state index is 0.211. The molecule has 0 bridgehead atoms. The van der Waals surface area contributed by atoms with Crippen molar-refractivity contribution in [2.75, 3.05) is 11.9 Å². The maximum Gasteiger partial charge on any atom is 0.257 e. The Morgan fingerprint density at radius 1 is 1.23 bits per heavy atom. The molecule has 134 valence electrons. The molecule has 0 aliphatic rings. The average molecular weight is 387 g/mol. The van der Waals surface area contributed by atoms with E-state index in [1.54, 1.807) is 12.1 Å². The molecule has 1 amide bonds. The first-order chi connectivity index (χ1) is 12.5. The highest BCUT2D eigenvalue weighted by Gasteiger charge is 2.11. The Bertz CT molecular complexity index is 891. The fourth-order valence-electron chi connectivity index (χ4n) is 2.24. The van der Waals surface area contributed by atoms with Gasteiger partial charge in [-0.25, -0.2) is 4.98 Å². The molecular formula is C20H19ClN2O2S. The Morgan fingerprint density at radius 3 is 2.73 bits per heavy atom. The predicted octanol–water partition coefficient (Wildman–Crippen LogP) is 5.75. The molecule has 0 aliphatic carbocycles. The van der Waals surface area contributed by atoms with Crippen LogP contribution in [0.25, 0.3) is 11.3 Å². The van der Waals surface area contributed by atoms with E-state index in [9.17, 15) is 4.79 Å². The average Bonchev–Trinajstić information content (AvgIpc) is 3.09. The Balaban J connectivity index is 1.68. The molecule has 6 heteroatoms. The van der Waals surface area contributed by atoms with E-state index in [4.69, 9.17) is 16.3 Å². The summed E-state index contributed by atoms with van der Waals surface area (Å²) in [6, 6.07) is 14.6. The van der Waals surface area contributed by atoms with Gasteiger partial charge in [0.2, 0.25) is 0 Å². The minimum Gasteiger partial charge on any atom is -0.493 e. The van der Waals surface area contributed by atoms with Gasteiger partial charge in [-0.3, -0.25) is 10.1 Å². The van der Waals surface area contributed by atoms with Crippen molar-refractivity contribution in [3.8, 4) is 17.0 Å². The van der Waals surface area contributed by atoms with Crippen LogP contribution in [0.1, 0.15) is 24.2 Å². The Kier molecular flexibility index (Phi) is 5.91. The molecule has 1 N–H and O–H groups in total. The quantitative estimate of drug-likeness (QED) is 0.586. The van der Waals surface area contributed by atoms with E-state index in [1.807, 2.05) is 41.8 Å². The van der Waals surface area contributed by atoms with Crippen LogP contribution in [-0.2, 0) is 0 Å². The lowest BCUT2D eigenvalue weighted by atomic mass is 10.2. The van der Waals surface area contributed by atoms with Gasteiger partial charge in [0.25, 0.3) is 5.91 Å². The first kappa shape index (κ1) is 18.4. The van der Waals surface area contributed by atoms with Crippen LogP contribution >= 0.6 is 22.9 Å². The second kappa shape index (κ2) is 8.34. The number of hydrogen-bond acceptors (Lipinski definition) is 4. The van der Waals surface area contributed by atoms with E-state index in [-0.39, 0.29) is 5.91 Å². The van der Waals surface area contributed by atoms with Gasteiger partial charge in [-0.2, -0.15) is 0 Å². The van der Waals surface area contributed by atoms with Gasteiger partial charge in [0.1, 0.15) is 5.75 Å². The van der Waals surface area contributed by atoms with Gasteiger partial charge >= 0.3 is 0 Å². The second-order valence-corrected chi connectivity index (χ2v) is 7.53. The van der Waals surface area contributed by atoms with Crippen molar-refractivity contribution >= 4 is 34.0 Å². The number of hydrogen-bond donors (Lipinski definition) is 1. The van der Waals surface area contributed by atoms with Crippen molar-refractivity contribution in [1.82, 2.24) is 4.98 Å². The molecule has 0 radical (unpaired) electrons. The van der Waals surface area contributed by atoms with E-state index in [2.05, 4.69) is 24.1 Å². The van der Waals surface area contributed by atoms with Crippen LogP contribution < -0.4 is 10.1 Å². The zero-order valence-electron chi connectivity index (χ0n) is 14.5. The van der Waals surface area contributed by atoms with Crippen LogP contribution in [-0.4, -0.2) is 17.5 Å². The molecule has 0 aliphatic heterocycles. The first-order valence-corrected chi connectivity index (χ1v) is 9.52. The molecule has 4 nitrogen and oxygen atoms in total. The van der Waals surface area contributed by atoms with Crippen LogP contribution in [0.2, 0.25) is 5.02 Å². The monoisotopic (exact) mass is 386 g/mol. The normalized spacial score (nSPS) is 10.8. The molecule has 0 fully saturated rings. The summed E-state index contributed by atoms with van der Waals surface area (Å²) in [6.07, 6.45) is 0. The lowest BCUT2D eigenvalue weighted by Gasteiger charge is -2.09. The summed E-state index contributed by atoms with van der Waals surface area (Å²) >= 11 is 7.29. The number of nitrogens with one attached hydrogen (secondary N) is 1. The van der Waals surface area contributed by atoms with E-state index < -0.39 is 0 Å². The van der Waals surface area contributed by atoms with Crippen LogP contribution in [0.5, 0.6) is 5.75 Å². The van der Waals surface area contributed by atoms with Crippen molar-refractivity contribution in [3.05, 3.63) is 64.5 Å². The van der Waals surface area contributed by atoms with Gasteiger partial charge in [-0.15, -0.1) is 11.3 Å². The highest BCUT2D eigenvalue weighted by atomic mass is 35.5. The highest BCUT2D eigenvalue weighted by molar-refractivity contribution is 7.14. The number of carbonyl (C=O) groups is 1. The first-order valence-electron chi connectivity index (χ1n) is 8.27. The molecule has 0 saturated carbocycles. The number of thiazole rings is 1. The Morgan fingerprint density at radius 2 is 2.00 bits per heavy atom. The third kappa shape index (κ3) is 4.84. The zero-order chi connectivity index (χ0) is 18.5. The number of benzene rings is 2. The highest BCUT2D eigenvalue weighted by Crippen LogP contribution is 2.26. The summed E-state index contributed by atoms with van der Waals surface area (Å²) in [5, 5.41) is 5.97. The molecule has 3 aromatic rings. The summed E-state index contributed by atoms with van der Waals surface area (Å²) < 4.78 is 5.68. The standard InChI is InChI=1S/C20H19ClN2O2S/c1-13(2)11-25-17-5-3-4-15(10-17)19(24)23-20-22-18(12-26-20)14-6-8-16(21)9-7-14/h3-10,12-13H,11H2,1-2H3,(H,22,23,24). The number of rotatable bonds is 6. The number of ether oxygens (including phenoxy) is 1. The Hall–Kier alpha value is -2.37. The van der Waals surface area contributed by atoms with Gasteiger partial charge in [0.15, 0.2) is 5.13 Å². The summed E-state index contributed by atoms with van der Waals surface area (Å²) in [6.45, 7) is 4.77. The van der Waals surface area contributed by atoms with Gasteiger partial charge < -0.3 is 4.74 Å². The molecule has 0 spiro atoms. The SMILES string of the molecule is CC(C)COc1cccc(C(=O)Nc2nc(-c3ccc(Cl)cc3)cs2)c1. The number of anilines is 1. The number of amides is 1. The molecule has 3 rings (SSSR count). The number of aromatic nitrogens is 1. The summed E-state index contributed by atoms with van der Waals surface area (Å²) in [4.78, 5) is 16.9. The second-order valence-electron chi connectivity index (χ2n) is 6.23. The lowest BCUT2D eigenvalue weighted by molar-refractivity contribution is 0.102. The van der Waals surface area contributed by atoms with Crippen molar-refractivity contribution in [2.24, 2.45) is 5.92 Å². The lowest BCUT2D eigenvalue weighted by Crippen LogP contribution is -2.12. The predicted molar refractivity (Wildman–Crippen MR) is 107 cm³/mol. The van der Waals surface area contributed by atoms with Gasteiger partial charge in [0.05, 0.1) is 12.3 Å². The van der Waals surface area contributed by atoms with Crippen LogP contribution in [0.3, 0.4) is 0 Å². The van der Waals surface area contributed by atoms with Crippen LogP contribution in [0.4, 0.5) is 5.13 Å². The van der Waals surface area contributed by atoms with Gasteiger partial charge in [0, 0.05) is 21.5 Å². The van der Waals surface area contributed by atoms with E-state index in [1.165, 1.54) is 11.3 Å². The fraction of sp³-hybridized carbons (Fsp3) is 0.200. The van der Waals surface area contributed by atoms with E-state index in [0.29, 0.717) is 34.0 Å². The van der Waals surface area contributed by atoms with E-state index in [0.717, 1.165) is 11.3 Å². The molecule has 0 unspecified atom stereocenters. The molecule has 0 atom stereocenters. The molecular weight excluding hydrogens is 368 g/mol. The fourth-order valence-corrected chi connectivity index (χ4v) is 3.08. The molecule has 26 heavy (non-hydrogen) atoms. The van der Waals surface area contributed by atoms with Crippen LogP contribution in [0, 0.1) is 5.92 Å². The van der Waals surface area contributed by atoms with Crippen molar-refractivity contribution in [1.29, 1.82) is 0 Å². The molecule has 0 saturated heterocycles.